The van der Waals surface area contributed by atoms with Crippen LogP contribution in [0, 0.1) is 5.92 Å². The molecular formula is C19H28ClN5O3. The number of halogens is 1. The minimum absolute atomic E-state index is 0. The zero-order chi connectivity index (χ0) is 19.4. The molecule has 9 heteroatoms. The van der Waals surface area contributed by atoms with Gasteiger partial charge >= 0.3 is 5.69 Å². The van der Waals surface area contributed by atoms with E-state index in [1.807, 2.05) is 24.3 Å². The van der Waals surface area contributed by atoms with E-state index in [1.165, 1.54) is 0 Å². The summed E-state index contributed by atoms with van der Waals surface area (Å²) >= 11 is 0. The number of hydrogen-bond donors (Lipinski definition) is 2. The van der Waals surface area contributed by atoms with E-state index in [0.717, 1.165) is 23.9 Å². The zero-order valence-corrected chi connectivity index (χ0v) is 16.9. The van der Waals surface area contributed by atoms with E-state index >= 15 is 0 Å². The van der Waals surface area contributed by atoms with E-state index in [2.05, 4.69) is 5.32 Å². The molecule has 3 N–H and O–H groups in total. The van der Waals surface area contributed by atoms with Crippen LogP contribution in [0.1, 0.15) is 19.3 Å². The van der Waals surface area contributed by atoms with Crippen LogP contribution in [0.2, 0.25) is 0 Å². The molecule has 0 spiro atoms. The van der Waals surface area contributed by atoms with Gasteiger partial charge in [-0.2, -0.15) is 0 Å². The van der Waals surface area contributed by atoms with Crippen LogP contribution < -0.4 is 16.7 Å². The lowest BCUT2D eigenvalue weighted by Crippen LogP contribution is -2.46. The Hall–Kier alpha value is -2.32. The second-order valence-electron chi connectivity index (χ2n) is 6.99. The predicted molar refractivity (Wildman–Crippen MR) is 110 cm³/mol. The molecule has 1 fully saturated rings. The van der Waals surface area contributed by atoms with Crippen LogP contribution in [0.5, 0.6) is 0 Å². The molecule has 0 bridgehead atoms. The molecule has 8 nitrogen and oxygen atoms in total. The zero-order valence-electron chi connectivity index (χ0n) is 16.1. The third-order valence-corrected chi connectivity index (χ3v) is 5.19. The van der Waals surface area contributed by atoms with Gasteiger partial charge < -0.3 is 16.0 Å². The molecule has 0 radical (unpaired) electrons. The van der Waals surface area contributed by atoms with Crippen LogP contribution in [-0.4, -0.2) is 52.0 Å². The second-order valence-corrected chi connectivity index (χ2v) is 6.99. The fourth-order valence-electron chi connectivity index (χ4n) is 3.70. The molecule has 0 saturated carbocycles. The van der Waals surface area contributed by atoms with E-state index in [1.54, 1.807) is 21.1 Å². The normalized spacial score (nSPS) is 16.6. The molecular weight excluding hydrogens is 382 g/mol. The highest BCUT2D eigenvalue weighted by atomic mass is 35.5. The lowest BCUT2D eigenvalue weighted by molar-refractivity contribution is -0.135. The number of aryl methyl sites for hydroxylation is 2. The molecule has 1 aliphatic rings. The first-order valence-electron chi connectivity index (χ1n) is 9.42. The van der Waals surface area contributed by atoms with Gasteiger partial charge in [0.05, 0.1) is 17.0 Å². The Bertz CT molecular complexity index is 891. The maximum absolute atomic E-state index is 12.7. The monoisotopic (exact) mass is 409 g/mol. The molecule has 2 aromatic rings. The summed E-state index contributed by atoms with van der Waals surface area (Å²) in [6.07, 6.45) is 1.83. The number of fused-ring (bicyclic) bond motifs is 1. The maximum atomic E-state index is 12.7. The van der Waals surface area contributed by atoms with Crippen LogP contribution in [-0.2, 0) is 23.2 Å². The van der Waals surface area contributed by atoms with Crippen molar-refractivity contribution in [3.05, 3.63) is 34.7 Å². The van der Waals surface area contributed by atoms with Crippen molar-refractivity contribution >= 4 is 35.3 Å². The first-order valence-corrected chi connectivity index (χ1v) is 9.42. The third kappa shape index (κ3) is 4.56. The van der Waals surface area contributed by atoms with Gasteiger partial charge in [0.15, 0.2) is 0 Å². The van der Waals surface area contributed by atoms with Gasteiger partial charge in [0.2, 0.25) is 11.8 Å². The average molecular weight is 410 g/mol. The van der Waals surface area contributed by atoms with Crippen LogP contribution in [0.4, 0.5) is 0 Å². The number of likely N-dealkylation sites (tertiary alicyclic amines) is 1. The summed E-state index contributed by atoms with van der Waals surface area (Å²) in [5, 5.41) is 2.80. The van der Waals surface area contributed by atoms with Gasteiger partial charge in [-0.05, 0) is 25.0 Å². The molecule has 2 amide bonds. The van der Waals surface area contributed by atoms with Gasteiger partial charge in [-0.3, -0.25) is 18.7 Å². The Morgan fingerprint density at radius 3 is 2.68 bits per heavy atom. The number of nitrogens with one attached hydrogen (secondary N) is 1. The number of amides is 2. The van der Waals surface area contributed by atoms with E-state index in [4.69, 9.17) is 5.73 Å². The fraction of sp³-hybridized carbons (Fsp3) is 0.526. The number of piperidine rings is 1. The first-order chi connectivity index (χ1) is 13.0. The summed E-state index contributed by atoms with van der Waals surface area (Å²) < 4.78 is 3.24. The summed E-state index contributed by atoms with van der Waals surface area (Å²) in [6, 6.07) is 7.56. The van der Waals surface area contributed by atoms with Gasteiger partial charge in [0, 0.05) is 46.2 Å². The van der Waals surface area contributed by atoms with Crippen molar-refractivity contribution in [3.63, 3.8) is 0 Å². The van der Waals surface area contributed by atoms with Crippen molar-refractivity contribution in [2.45, 2.75) is 25.8 Å². The Morgan fingerprint density at radius 2 is 1.96 bits per heavy atom. The van der Waals surface area contributed by atoms with Crippen LogP contribution in [0.15, 0.2) is 29.1 Å². The molecule has 3 rings (SSSR count). The molecule has 1 aromatic carbocycles. The molecule has 1 aromatic heterocycles. The van der Waals surface area contributed by atoms with Gasteiger partial charge in [0.1, 0.15) is 0 Å². The topological polar surface area (TPSA) is 102 Å². The Labute approximate surface area is 170 Å². The Kier molecular flexibility index (Phi) is 7.65. The Balaban J connectivity index is 0.00000280. The lowest BCUT2D eigenvalue weighted by Gasteiger charge is -2.32. The highest BCUT2D eigenvalue weighted by molar-refractivity contribution is 5.85. The average Bonchev–Trinajstić information content (AvgIpc) is 2.95. The molecule has 2 heterocycles. The van der Waals surface area contributed by atoms with Gasteiger partial charge in [-0.15, -0.1) is 12.4 Å². The number of hydrogen-bond acceptors (Lipinski definition) is 4. The molecule has 1 atom stereocenters. The number of aromatic nitrogens is 2. The van der Waals surface area contributed by atoms with Gasteiger partial charge in [-0.1, -0.05) is 12.1 Å². The quantitative estimate of drug-likeness (QED) is 0.723. The highest BCUT2D eigenvalue weighted by Crippen LogP contribution is 2.18. The number of nitrogens with zero attached hydrogens (tertiary/aromatic N) is 3. The molecule has 28 heavy (non-hydrogen) atoms. The first kappa shape index (κ1) is 22.0. The molecule has 154 valence electrons. The largest absolute Gasteiger partial charge is 0.355 e. The van der Waals surface area contributed by atoms with Crippen LogP contribution in [0.3, 0.4) is 0 Å². The van der Waals surface area contributed by atoms with E-state index in [0.29, 0.717) is 32.7 Å². The minimum Gasteiger partial charge on any atom is -0.355 e. The fourth-order valence-corrected chi connectivity index (χ4v) is 3.70. The summed E-state index contributed by atoms with van der Waals surface area (Å²) in [5.41, 5.74) is 6.98. The van der Waals surface area contributed by atoms with Crippen LogP contribution >= 0.6 is 12.4 Å². The lowest BCUT2D eigenvalue weighted by atomic mass is 9.97. The number of nitrogens with two attached hydrogens (primary N) is 1. The molecule has 1 unspecified atom stereocenters. The number of para-hydroxylation sites is 2. The maximum Gasteiger partial charge on any atom is 0.328 e. The molecule has 1 aliphatic heterocycles. The van der Waals surface area contributed by atoms with E-state index in [9.17, 15) is 14.4 Å². The third-order valence-electron chi connectivity index (χ3n) is 5.19. The van der Waals surface area contributed by atoms with E-state index < -0.39 is 0 Å². The number of carbonyl (C=O) groups is 2. The number of rotatable bonds is 6. The smallest absolute Gasteiger partial charge is 0.328 e. The van der Waals surface area contributed by atoms with Gasteiger partial charge in [0.25, 0.3) is 0 Å². The molecule has 1 saturated heterocycles. The van der Waals surface area contributed by atoms with Crippen molar-refractivity contribution in [1.29, 1.82) is 0 Å². The molecule has 0 aliphatic carbocycles. The van der Waals surface area contributed by atoms with E-state index in [-0.39, 0.29) is 42.2 Å². The summed E-state index contributed by atoms with van der Waals surface area (Å²) in [5.74, 6) is -0.246. The van der Waals surface area contributed by atoms with Crippen molar-refractivity contribution < 1.29 is 9.59 Å². The minimum atomic E-state index is -0.186. The van der Waals surface area contributed by atoms with Crippen LogP contribution in [0.25, 0.3) is 11.0 Å². The summed E-state index contributed by atoms with van der Waals surface area (Å²) in [6.45, 7) is 2.28. The van der Waals surface area contributed by atoms with Crippen molar-refractivity contribution in [1.82, 2.24) is 19.4 Å². The highest BCUT2D eigenvalue weighted by Gasteiger charge is 2.28. The summed E-state index contributed by atoms with van der Waals surface area (Å²) in [4.78, 5) is 39.0. The number of carbonyl (C=O) groups excluding carboxylic acids is 2. The predicted octanol–water partition coefficient (Wildman–Crippen LogP) is 0.465. The van der Waals surface area contributed by atoms with Gasteiger partial charge in [-0.25, -0.2) is 4.79 Å². The van der Waals surface area contributed by atoms with Crippen molar-refractivity contribution in [2.75, 3.05) is 26.2 Å². The standard InChI is InChI=1S/C19H27N5O3.ClH/c1-22-15-6-2-3-7-16(15)24(19(22)27)12-8-17(25)23-11-4-5-14(13-23)18(26)21-10-9-20;/h2-3,6-7,14H,4-5,8-13,20H2,1H3,(H,21,26);1H. The van der Waals surface area contributed by atoms with Crippen molar-refractivity contribution in [2.24, 2.45) is 18.7 Å². The summed E-state index contributed by atoms with van der Waals surface area (Å²) in [7, 11) is 1.73. The van der Waals surface area contributed by atoms with Crippen molar-refractivity contribution in [3.8, 4) is 0 Å². The number of benzene rings is 1. The SMILES string of the molecule is Cl.Cn1c(=O)n(CCC(=O)N2CCCC(C(=O)NCCN)C2)c2ccccc21. The second kappa shape index (κ2) is 9.75. The Morgan fingerprint density at radius 1 is 1.25 bits per heavy atom. The number of imidazole rings is 1.